The molecule has 0 saturated heterocycles. The molecule has 7 nitrogen and oxygen atoms in total. The highest BCUT2D eigenvalue weighted by Crippen LogP contribution is 2.33. The predicted octanol–water partition coefficient (Wildman–Crippen LogP) is 3.65. The quantitative estimate of drug-likeness (QED) is 0.273. The van der Waals surface area contributed by atoms with Gasteiger partial charge in [0.1, 0.15) is 5.75 Å². The van der Waals surface area contributed by atoms with Gasteiger partial charge in [0.25, 0.3) is 11.7 Å². The van der Waals surface area contributed by atoms with Crippen molar-refractivity contribution < 1.29 is 23.9 Å². The molecule has 7 heteroatoms. The summed E-state index contributed by atoms with van der Waals surface area (Å²) in [4.78, 5) is 36.4. The van der Waals surface area contributed by atoms with E-state index in [2.05, 4.69) is 35.9 Å². The molecular weight excluding hydrogens is 420 g/mol. The normalized spacial score (nSPS) is 10.9. The number of fused-ring (bicyclic) bond motifs is 1. The molecule has 0 bridgehead atoms. The fraction of sp³-hybridized carbons (Fsp3) is 0.346. The number of unbranched alkanes of at least 4 members (excludes halogenated alkanes) is 1. The van der Waals surface area contributed by atoms with Crippen LogP contribution in [0.3, 0.4) is 0 Å². The van der Waals surface area contributed by atoms with E-state index in [1.165, 1.54) is 12.7 Å². The van der Waals surface area contributed by atoms with Crippen molar-refractivity contribution in [2.24, 2.45) is 5.73 Å². The van der Waals surface area contributed by atoms with Gasteiger partial charge in [-0.05, 0) is 48.1 Å². The highest BCUT2D eigenvalue weighted by atomic mass is 16.6. The molecule has 0 unspecified atom stereocenters. The van der Waals surface area contributed by atoms with Crippen molar-refractivity contribution in [2.75, 3.05) is 13.7 Å². The average molecular weight is 451 g/mol. The Labute approximate surface area is 193 Å². The summed E-state index contributed by atoms with van der Waals surface area (Å²) < 4.78 is 12.2. The molecule has 0 spiro atoms. The van der Waals surface area contributed by atoms with Crippen molar-refractivity contribution in [2.45, 2.75) is 46.0 Å². The van der Waals surface area contributed by atoms with E-state index in [0.29, 0.717) is 24.1 Å². The van der Waals surface area contributed by atoms with Gasteiger partial charge in [0.15, 0.2) is 6.61 Å². The maximum absolute atomic E-state index is 12.9. The van der Waals surface area contributed by atoms with Gasteiger partial charge < -0.3 is 19.6 Å². The van der Waals surface area contributed by atoms with Gasteiger partial charge in [0.05, 0.1) is 18.2 Å². The molecule has 1 amide bonds. The predicted molar refractivity (Wildman–Crippen MR) is 126 cm³/mol. The number of Topliss-reactive ketones (excluding diaryl/α,β-unsaturated/α-hetero) is 1. The first-order chi connectivity index (χ1) is 15.9. The number of hydrogen-bond donors (Lipinski definition) is 1. The number of pyridine rings is 1. The number of rotatable bonds is 11. The Kier molecular flexibility index (Phi) is 7.87. The summed E-state index contributed by atoms with van der Waals surface area (Å²) >= 11 is 0. The molecule has 2 aromatic heterocycles. The minimum atomic E-state index is -1.04. The molecule has 0 atom stereocenters. The van der Waals surface area contributed by atoms with Crippen LogP contribution < -0.4 is 10.5 Å². The number of ketones is 1. The maximum Gasteiger partial charge on any atom is 0.343 e. The zero-order valence-corrected chi connectivity index (χ0v) is 19.3. The molecule has 0 aliphatic rings. The van der Waals surface area contributed by atoms with E-state index in [-0.39, 0.29) is 12.2 Å². The topological polar surface area (TPSA) is 100 Å². The van der Waals surface area contributed by atoms with Crippen molar-refractivity contribution in [1.82, 2.24) is 4.40 Å². The van der Waals surface area contributed by atoms with Gasteiger partial charge in [0.2, 0.25) is 0 Å². The van der Waals surface area contributed by atoms with E-state index in [4.69, 9.17) is 10.5 Å². The van der Waals surface area contributed by atoms with Gasteiger partial charge in [-0.1, -0.05) is 44.5 Å². The Morgan fingerprint density at radius 3 is 2.33 bits per heavy atom. The number of ether oxygens (including phenoxy) is 2. The highest BCUT2D eigenvalue weighted by Gasteiger charge is 2.27. The third-order valence-corrected chi connectivity index (χ3v) is 5.73. The lowest BCUT2D eigenvalue weighted by molar-refractivity contribution is -0.142. The number of carbonyl (C=O) groups is 3. The molecule has 0 saturated carbocycles. The number of hydrogen-bond acceptors (Lipinski definition) is 5. The Hall–Kier alpha value is -3.61. The summed E-state index contributed by atoms with van der Waals surface area (Å²) in [6.45, 7) is 3.78. The zero-order chi connectivity index (χ0) is 24.0. The summed E-state index contributed by atoms with van der Waals surface area (Å²) in [5, 5.41) is 0. The number of carbonyl (C=O) groups excluding carboxylic acids is 3. The number of nitrogens with two attached hydrogens (primary N) is 1. The highest BCUT2D eigenvalue weighted by molar-refractivity contribution is 6.44. The number of esters is 1. The van der Waals surface area contributed by atoms with E-state index >= 15 is 0 Å². The van der Waals surface area contributed by atoms with Crippen LogP contribution in [0.5, 0.6) is 5.75 Å². The monoisotopic (exact) mass is 450 g/mol. The molecule has 0 fully saturated rings. The molecule has 0 aliphatic carbocycles. The summed E-state index contributed by atoms with van der Waals surface area (Å²) in [5.41, 5.74) is 10.0. The third-order valence-electron chi connectivity index (χ3n) is 5.73. The molecule has 3 aromatic rings. The van der Waals surface area contributed by atoms with E-state index in [9.17, 15) is 14.4 Å². The molecule has 0 aliphatic heterocycles. The summed E-state index contributed by atoms with van der Waals surface area (Å²) in [6.07, 6.45) is 6.25. The van der Waals surface area contributed by atoms with Gasteiger partial charge >= 0.3 is 5.97 Å². The van der Waals surface area contributed by atoms with Crippen molar-refractivity contribution in [3.8, 4) is 5.75 Å². The Morgan fingerprint density at radius 2 is 1.73 bits per heavy atom. The van der Waals surface area contributed by atoms with Crippen LogP contribution in [-0.4, -0.2) is 35.8 Å². The van der Waals surface area contributed by atoms with Crippen LogP contribution in [0.4, 0.5) is 0 Å². The minimum absolute atomic E-state index is 0.222. The van der Waals surface area contributed by atoms with Crippen LogP contribution in [0.15, 0.2) is 42.6 Å². The Morgan fingerprint density at radius 1 is 1.03 bits per heavy atom. The third kappa shape index (κ3) is 5.25. The average Bonchev–Trinajstić information content (AvgIpc) is 3.15. The fourth-order valence-electron chi connectivity index (χ4n) is 4.04. The summed E-state index contributed by atoms with van der Waals surface area (Å²) in [5.74, 6) is -2.06. The second-order valence-electron chi connectivity index (χ2n) is 7.90. The molecule has 33 heavy (non-hydrogen) atoms. The van der Waals surface area contributed by atoms with E-state index < -0.39 is 17.7 Å². The number of nitrogens with zero attached hydrogens (tertiary/aromatic N) is 1. The number of aryl methyl sites for hydroxylation is 1. The van der Waals surface area contributed by atoms with Crippen LogP contribution in [0.1, 0.15) is 59.4 Å². The SMILES string of the molecule is CCCCc1ccc(Cc2c(CC)c(C(=O)C(N)=O)c3c(OCC(=O)OC)cccn23)cc1. The van der Waals surface area contributed by atoms with Crippen molar-refractivity contribution in [3.05, 3.63) is 70.5 Å². The van der Waals surface area contributed by atoms with Crippen LogP contribution in [0.2, 0.25) is 0 Å². The second kappa shape index (κ2) is 10.8. The largest absolute Gasteiger partial charge is 0.480 e. The van der Waals surface area contributed by atoms with Crippen LogP contribution in [0, 0.1) is 0 Å². The Bertz CT molecular complexity index is 1160. The summed E-state index contributed by atoms with van der Waals surface area (Å²) in [6, 6.07) is 11.9. The summed E-state index contributed by atoms with van der Waals surface area (Å²) in [7, 11) is 1.27. The molecule has 2 heterocycles. The van der Waals surface area contributed by atoms with E-state index in [0.717, 1.165) is 36.1 Å². The van der Waals surface area contributed by atoms with Crippen LogP contribution >= 0.6 is 0 Å². The molecular formula is C26H30N2O5. The van der Waals surface area contributed by atoms with Gasteiger partial charge in [-0.25, -0.2) is 4.79 Å². The second-order valence-corrected chi connectivity index (χ2v) is 7.90. The Balaban J connectivity index is 2.11. The van der Waals surface area contributed by atoms with E-state index in [1.807, 2.05) is 17.5 Å². The number of amides is 1. The number of aromatic nitrogens is 1. The van der Waals surface area contributed by atoms with Crippen molar-refractivity contribution in [3.63, 3.8) is 0 Å². The first kappa shape index (κ1) is 24.0. The molecule has 2 N–H and O–H groups in total. The first-order valence-corrected chi connectivity index (χ1v) is 11.2. The number of methoxy groups -OCH3 is 1. The fourth-order valence-corrected chi connectivity index (χ4v) is 4.04. The van der Waals surface area contributed by atoms with Gasteiger partial charge in [-0.15, -0.1) is 0 Å². The van der Waals surface area contributed by atoms with Crippen LogP contribution in [0.25, 0.3) is 5.52 Å². The van der Waals surface area contributed by atoms with Gasteiger partial charge in [0, 0.05) is 18.3 Å². The van der Waals surface area contributed by atoms with Crippen LogP contribution in [-0.2, 0) is 33.6 Å². The van der Waals surface area contributed by atoms with Gasteiger partial charge in [-0.2, -0.15) is 0 Å². The smallest absolute Gasteiger partial charge is 0.343 e. The lowest BCUT2D eigenvalue weighted by Crippen LogP contribution is -2.24. The minimum Gasteiger partial charge on any atom is -0.480 e. The lowest BCUT2D eigenvalue weighted by Gasteiger charge is -2.10. The first-order valence-electron chi connectivity index (χ1n) is 11.2. The lowest BCUT2D eigenvalue weighted by atomic mass is 9.98. The molecule has 3 rings (SSSR count). The zero-order valence-electron chi connectivity index (χ0n) is 19.3. The molecule has 1 aromatic carbocycles. The van der Waals surface area contributed by atoms with Crippen molar-refractivity contribution >= 4 is 23.2 Å². The van der Waals surface area contributed by atoms with Crippen molar-refractivity contribution in [1.29, 1.82) is 0 Å². The van der Waals surface area contributed by atoms with Gasteiger partial charge in [-0.3, -0.25) is 9.59 Å². The molecule has 0 radical (unpaired) electrons. The standard InChI is InChI=1S/C26H30N2O5/c1-4-6-8-17-10-12-18(13-11-17)15-20-19(5-2)23(25(30)26(27)31)24-21(9-7-14-28(20)24)33-16-22(29)32-3/h7,9-14H,4-6,8,15-16H2,1-3H3,(H2,27,31). The molecule has 174 valence electrons. The number of primary amides is 1. The number of benzene rings is 1. The maximum atomic E-state index is 12.9. The van der Waals surface area contributed by atoms with E-state index in [1.54, 1.807) is 12.1 Å².